The van der Waals surface area contributed by atoms with Crippen molar-refractivity contribution in [3.8, 4) is 5.75 Å². The van der Waals surface area contributed by atoms with Crippen LogP contribution in [-0.4, -0.2) is 23.2 Å². The molecule has 6 heteroatoms. The van der Waals surface area contributed by atoms with Gasteiger partial charge in [0.1, 0.15) is 5.75 Å². The van der Waals surface area contributed by atoms with Gasteiger partial charge in [-0.2, -0.15) is 0 Å². The number of hydrogen-bond donors (Lipinski definition) is 4. The zero-order valence-electron chi connectivity index (χ0n) is 8.07. The van der Waals surface area contributed by atoms with Gasteiger partial charge in [-0.15, -0.1) is 0 Å². The van der Waals surface area contributed by atoms with Crippen LogP contribution < -0.4 is 16.2 Å². The molecule has 0 aliphatic carbocycles. The molecular formula is C9H11N3O2S. The van der Waals surface area contributed by atoms with Gasteiger partial charge in [0.15, 0.2) is 5.11 Å². The van der Waals surface area contributed by atoms with Crippen LogP contribution in [0.1, 0.15) is 10.4 Å². The number of hydrazine groups is 1. The molecule has 0 bridgehead atoms. The van der Waals surface area contributed by atoms with Crippen LogP contribution in [0, 0.1) is 0 Å². The molecule has 15 heavy (non-hydrogen) atoms. The SMILES string of the molecule is CNC(=S)NNC(=O)c1cccc(O)c1. The second kappa shape index (κ2) is 5.16. The highest BCUT2D eigenvalue weighted by molar-refractivity contribution is 7.80. The van der Waals surface area contributed by atoms with Crippen LogP contribution in [-0.2, 0) is 0 Å². The van der Waals surface area contributed by atoms with E-state index in [1.54, 1.807) is 19.2 Å². The lowest BCUT2D eigenvalue weighted by molar-refractivity contribution is 0.0943. The van der Waals surface area contributed by atoms with Crippen molar-refractivity contribution in [1.29, 1.82) is 0 Å². The van der Waals surface area contributed by atoms with Crippen LogP contribution in [0.15, 0.2) is 24.3 Å². The molecule has 0 fully saturated rings. The number of thiocarbonyl (C=S) groups is 1. The average molecular weight is 225 g/mol. The Morgan fingerprint density at radius 2 is 2.13 bits per heavy atom. The van der Waals surface area contributed by atoms with Crippen LogP contribution in [0.4, 0.5) is 0 Å². The second-order valence-electron chi connectivity index (χ2n) is 2.71. The van der Waals surface area contributed by atoms with Crippen LogP contribution in [0.3, 0.4) is 0 Å². The van der Waals surface area contributed by atoms with Crippen molar-refractivity contribution in [1.82, 2.24) is 16.2 Å². The third-order valence-electron chi connectivity index (χ3n) is 1.62. The fourth-order valence-corrected chi connectivity index (χ4v) is 0.946. The summed E-state index contributed by atoms with van der Waals surface area (Å²) in [6.07, 6.45) is 0. The maximum Gasteiger partial charge on any atom is 0.269 e. The largest absolute Gasteiger partial charge is 0.508 e. The Morgan fingerprint density at radius 3 is 2.73 bits per heavy atom. The van der Waals surface area contributed by atoms with Gasteiger partial charge in [-0.3, -0.25) is 15.6 Å². The molecule has 1 amide bonds. The molecule has 0 radical (unpaired) electrons. The van der Waals surface area contributed by atoms with Crippen LogP contribution >= 0.6 is 12.2 Å². The average Bonchev–Trinajstić information content (AvgIpc) is 2.25. The highest BCUT2D eigenvalue weighted by Gasteiger charge is 2.05. The molecule has 0 aliphatic heterocycles. The van der Waals surface area contributed by atoms with Gasteiger partial charge < -0.3 is 10.4 Å². The minimum absolute atomic E-state index is 0.0406. The number of carbonyl (C=O) groups excluding carboxylic acids is 1. The minimum Gasteiger partial charge on any atom is -0.508 e. The van der Waals surface area contributed by atoms with Crippen molar-refractivity contribution in [3.63, 3.8) is 0 Å². The van der Waals surface area contributed by atoms with Crippen molar-refractivity contribution in [2.75, 3.05) is 7.05 Å². The molecule has 4 N–H and O–H groups in total. The normalized spacial score (nSPS) is 9.13. The number of phenolic OH excluding ortho intramolecular Hbond substituents is 1. The summed E-state index contributed by atoms with van der Waals surface area (Å²) in [5.41, 5.74) is 5.21. The lowest BCUT2D eigenvalue weighted by Crippen LogP contribution is -2.45. The first-order valence-electron chi connectivity index (χ1n) is 4.20. The van der Waals surface area contributed by atoms with Crippen molar-refractivity contribution in [2.45, 2.75) is 0 Å². The van der Waals surface area contributed by atoms with Gasteiger partial charge >= 0.3 is 0 Å². The van der Waals surface area contributed by atoms with Crippen molar-refractivity contribution in [3.05, 3.63) is 29.8 Å². The molecule has 0 saturated heterocycles. The van der Waals surface area contributed by atoms with Gasteiger partial charge in [0, 0.05) is 12.6 Å². The zero-order valence-corrected chi connectivity index (χ0v) is 8.89. The third kappa shape index (κ3) is 3.43. The smallest absolute Gasteiger partial charge is 0.269 e. The van der Waals surface area contributed by atoms with Gasteiger partial charge in [-0.1, -0.05) is 6.07 Å². The summed E-state index contributed by atoms with van der Waals surface area (Å²) in [5, 5.41) is 12.1. The summed E-state index contributed by atoms with van der Waals surface area (Å²) in [7, 11) is 1.63. The molecule has 0 aliphatic rings. The molecule has 0 spiro atoms. The van der Waals surface area contributed by atoms with Crippen LogP contribution in [0.5, 0.6) is 5.75 Å². The van der Waals surface area contributed by atoms with E-state index in [2.05, 4.69) is 16.2 Å². The molecule has 0 atom stereocenters. The highest BCUT2D eigenvalue weighted by Crippen LogP contribution is 2.10. The topological polar surface area (TPSA) is 73.4 Å². The first-order valence-corrected chi connectivity index (χ1v) is 4.61. The van der Waals surface area contributed by atoms with E-state index >= 15 is 0 Å². The van der Waals surface area contributed by atoms with Crippen molar-refractivity contribution >= 4 is 23.2 Å². The predicted octanol–water partition coefficient (Wildman–Crippen LogP) is 0.131. The Hall–Kier alpha value is -1.82. The van der Waals surface area contributed by atoms with E-state index in [-0.39, 0.29) is 11.7 Å². The monoisotopic (exact) mass is 225 g/mol. The third-order valence-corrected chi connectivity index (χ3v) is 1.93. The number of phenols is 1. The van der Waals surface area contributed by atoms with Crippen LogP contribution in [0.25, 0.3) is 0 Å². The van der Waals surface area contributed by atoms with E-state index in [9.17, 15) is 4.79 Å². The minimum atomic E-state index is -0.372. The highest BCUT2D eigenvalue weighted by atomic mass is 32.1. The van der Waals surface area contributed by atoms with E-state index in [1.807, 2.05) is 0 Å². The molecule has 1 aromatic carbocycles. The Balaban J connectivity index is 2.58. The van der Waals surface area contributed by atoms with E-state index in [1.165, 1.54) is 12.1 Å². The summed E-state index contributed by atoms with van der Waals surface area (Å²) >= 11 is 4.76. The van der Waals surface area contributed by atoms with Crippen molar-refractivity contribution in [2.24, 2.45) is 0 Å². The van der Waals surface area contributed by atoms with E-state index in [4.69, 9.17) is 17.3 Å². The maximum atomic E-state index is 11.4. The fourth-order valence-electron chi connectivity index (χ4n) is 0.895. The lowest BCUT2D eigenvalue weighted by Gasteiger charge is -2.08. The van der Waals surface area contributed by atoms with Gasteiger partial charge in [-0.05, 0) is 30.4 Å². The molecule has 80 valence electrons. The van der Waals surface area contributed by atoms with Gasteiger partial charge in [0.25, 0.3) is 5.91 Å². The molecule has 5 nitrogen and oxygen atoms in total. The Kier molecular flexibility index (Phi) is 3.87. The fraction of sp³-hybridized carbons (Fsp3) is 0.111. The zero-order chi connectivity index (χ0) is 11.3. The first kappa shape index (κ1) is 11.3. The quantitative estimate of drug-likeness (QED) is 0.404. The van der Waals surface area contributed by atoms with Gasteiger partial charge in [0.05, 0.1) is 0 Å². The van der Waals surface area contributed by atoms with E-state index in [0.717, 1.165) is 0 Å². The summed E-state index contributed by atoms with van der Waals surface area (Å²) in [5.74, 6) is -0.331. The predicted molar refractivity (Wildman–Crippen MR) is 60.4 cm³/mol. The van der Waals surface area contributed by atoms with E-state index in [0.29, 0.717) is 10.7 Å². The summed E-state index contributed by atoms with van der Waals surface area (Å²) in [4.78, 5) is 11.4. The maximum absolute atomic E-state index is 11.4. The molecule has 0 heterocycles. The summed E-state index contributed by atoms with van der Waals surface area (Å²) in [6.45, 7) is 0. The Labute approximate surface area is 92.5 Å². The summed E-state index contributed by atoms with van der Waals surface area (Å²) in [6, 6.07) is 6.02. The van der Waals surface area contributed by atoms with Gasteiger partial charge in [-0.25, -0.2) is 0 Å². The van der Waals surface area contributed by atoms with Crippen molar-refractivity contribution < 1.29 is 9.90 Å². The standard InChI is InChI=1S/C9H11N3O2S/c1-10-9(15)12-11-8(14)6-3-2-4-7(13)5-6/h2-5,13H,1H3,(H,11,14)(H2,10,12,15). The number of rotatable bonds is 1. The first-order chi connectivity index (χ1) is 7.13. The Bertz CT molecular complexity index is 381. The number of amides is 1. The lowest BCUT2D eigenvalue weighted by atomic mass is 10.2. The number of hydrogen-bond acceptors (Lipinski definition) is 3. The Morgan fingerprint density at radius 1 is 1.40 bits per heavy atom. The number of nitrogens with one attached hydrogen (secondary N) is 3. The number of aromatic hydroxyl groups is 1. The molecule has 0 aromatic heterocycles. The second-order valence-corrected chi connectivity index (χ2v) is 3.12. The molecule has 1 rings (SSSR count). The number of benzene rings is 1. The van der Waals surface area contributed by atoms with Gasteiger partial charge in [0.2, 0.25) is 0 Å². The molecule has 0 saturated carbocycles. The molecule has 0 unspecified atom stereocenters. The molecule has 1 aromatic rings. The van der Waals surface area contributed by atoms with E-state index < -0.39 is 0 Å². The number of carbonyl (C=O) groups is 1. The molecular weight excluding hydrogens is 214 g/mol. The van der Waals surface area contributed by atoms with Crippen LogP contribution in [0.2, 0.25) is 0 Å². The summed E-state index contributed by atoms with van der Waals surface area (Å²) < 4.78 is 0.